The molecule has 0 rings (SSSR count). The maximum Gasteiger partial charge on any atom is 0.0707 e. The molecule has 0 fully saturated rings. The van der Waals surface area contributed by atoms with Gasteiger partial charge in [-0.25, -0.2) is 0 Å². The van der Waals surface area contributed by atoms with Crippen LogP contribution in [0.15, 0.2) is 4.99 Å². The molecule has 0 radical (unpaired) electrons. The lowest BCUT2D eigenvalue weighted by molar-refractivity contribution is 0.807. The topological polar surface area (TPSA) is 12.4 Å². The van der Waals surface area contributed by atoms with Gasteiger partial charge < -0.3 is 0 Å². The third-order valence-electron chi connectivity index (χ3n) is 1.04. The minimum Gasteiger partial charge on any atom is -0.280 e. The Kier molecular flexibility index (Phi) is 3.04. The molecule has 1 atom stereocenters. The van der Waals surface area contributed by atoms with Crippen molar-refractivity contribution in [3.05, 3.63) is 0 Å². The number of rotatable bonds is 3. The van der Waals surface area contributed by atoms with Crippen LogP contribution >= 0.6 is 11.8 Å². The largest absolute Gasteiger partial charge is 0.280 e. The first kappa shape index (κ1) is 6.47. The average molecular weight is 191 g/mol. The molecule has 0 bridgehead atoms. The average Bonchev–Trinajstić information content (AvgIpc) is 1.98. The van der Waals surface area contributed by atoms with Crippen molar-refractivity contribution in [2.24, 2.45) is 10.9 Å². The number of thioether (sulfide) groups is 1. The summed E-state index contributed by atoms with van der Waals surface area (Å²) >= 11 is 1.36. The molecule has 12 heavy (non-hydrogen) atoms. The Hall–Kier alpha value is 0.0200. The zero-order chi connectivity index (χ0) is 13.1. The summed E-state index contributed by atoms with van der Waals surface area (Å²) in [4.78, 5) is 4.29. The van der Waals surface area contributed by atoms with Gasteiger partial charge in [-0.1, -0.05) is 27.6 Å². The molecule has 0 saturated carbocycles. The van der Waals surface area contributed by atoms with E-state index in [2.05, 4.69) is 4.99 Å². The highest BCUT2D eigenvalue weighted by Gasteiger charge is 2.08. The lowest BCUT2D eigenvalue weighted by atomic mass is 10.2. The zero-order valence-corrected chi connectivity index (χ0v) is 9.33. The molecule has 0 spiro atoms. The van der Waals surface area contributed by atoms with Gasteiger partial charge in [0.05, 0.1) is 5.04 Å². The lowest BCUT2D eigenvalue weighted by Gasteiger charge is -2.13. The van der Waals surface area contributed by atoms with Crippen LogP contribution in [-0.2, 0) is 0 Å². The molecule has 72 valence electrons. The highest BCUT2D eigenvalue weighted by Crippen LogP contribution is 2.18. The molecule has 1 unspecified atom stereocenters. The molecule has 0 aromatic heterocycles. The van der Waals surface area contributed by atoms with Crippen molar-refractivity contribution in [3.63, 3.8) is 0 Å². The van der Waals surface area contributed by atoms with E-state index in [9.17, 15) is 0 Å². The highest BCUT2D eigenvalue weighted by atomic mass is 32.2. The number of hydrogen-bond acceptors (Lipinski definition) is 2. The Labute approximate surface area is 86.7 Å². The van der Waals surface area contributed by atoms with Crippen molar-refractivity contribution in [1.82, 2.24) is 0 Å². The van der Waals surface area contributed by atoms with Crippen LogP contribution in [0.25, 0.3) is 0 Å². The van der Waals surface area contributed by atoms with Crippen LogP contribution in [0.1, 0.15) is 47.0 Å². The molecule has 0 amide bonds. The monoisotopic (exact) mass is 191 g/mol. The Morgan fingerprint density at radius 3 is 2.25 bits per heavy atom. The summed E-state index contributed by atoms with van der Waals surface area (Å²) in [7, 11) is 0. The van der Waals surface area contributed by atoms with Crippen molar-refractivity contribution in [2.45, 2.75) is 52.8 Å². The molecule has 0 N–H and O–H groups in total. The van der Waals surface area contributed by atoms with E-state index in [1.165, 1.54) is 18.7 Å². The Balaban J connectivity index is 5.19. The standard InChI is InChI=1S/C10H21NS/c1-7(2)10(11-8(3)4)12-9(5)6/h7-9H,1-6H3/i1D3,7D. The van der Waals surface area contributed by atoms with Crippen molar-refractivity contribution in [1.29, 1.82) is 0 Å². The van der Waals surface area contributed by atoms with E-state index in [1.807, 2.05) is 27.7 Å². The van der Waals surface area contributed by atoms with Crippen LogP contribution < -0.4 is 0 Å². The summed E-state index contributed by atoms with van der Waals surface area (Å²) in [6, 6.07) is 0.00766. The summed E-state index contributed by atoms with van der Waals surface area (Å²) in [5.74, 6) is -1.62. The molecular formula is C10H21NS. The van der Waals surface area contributed by atoms with Crippen LogP contribution in [0.3, 0.4) is 0 Å². The summed E-state index contributed by atoms with van der Waals surface area (Å²) in [5.41, 5.74) is 0. The minimum atomic E-state index is -2.34. The van der Waals surface area contributed by atoms with Gasteiger partial charge in [-0.3, -0.25) is 4.99 Å². The summed E-state index contributed by atoms with van der Waals surface area (Å²) in [6.07, 6.45) is 0. The number of hydrogen-bond donors (Lipinski definition) is 0. The van der Waals surface area contributed by atoms with E-state index in [-0.39, 0.29) is 11.3 Å². The van der Waals surface area contributed by atoms with Crippen molar-refractivity contribution < 1.29 is 5.48 Å². The zero-order valence-electron chi connectivity index (χ0n) is 12.5. The molecule has 0 saturated heterocycles. The molecule has 0 aromatic rings. The van der Waals surface area contributed by atoms with E-state index in [1.54, 1.807) is 0 Å². The van der Waals surface area contributed by atoms with E-state index < -0.39 is 12.7 Å². The molecule has 0 aliphatic heterocycles. The van der Waals surface area contributed by atoms with Crippen LogP contribution in [-0.4, -0.2) is 16.3 Å². The number of aliphatic imine (C=N–C) groups is 1. The SMILES string of the molecule is [2H]C([2H])([2H])C([2H])(C)C(=NC(C)C)SC(C)C. The van der Waals surface area contributed by atoms with Gasteiger partial charge in [0.1, 0.15) is 0 Å². The summed E-state index contributed by atoms with van der Waals surface area (Å²) in [6.45, 7) is 6.78. The van der Waals surface area contributed by atoms with Gasteiger partial charge in [0.15, 0.2) is 0 Å². The van der Waals surface area contributed by atoms with E-state index in [0.29, 0.717) is 5.04 Å². The molecule has 0 aliphatic rings. The predicted octanol–water partition coefficient (Wildman–Crippen LogP) is 3.59. The van der Waals surface area contributed by atoms with Crippen molar-refractivity contribution in [2.75, 3.05) is 0 Å². The number of nitrogens with zero attached hydrogens (tertiary/aromatic N) is 1. The van der Waals surface area contributed by atoms with Crippen molar-refractivity contribution in [3.8, 4) is 0 Å². The summed E-state index contributed by atoms with van der Waals surface area (Å²) in [5, 5.41) is 0.627. The van der Waals surface area contributed by atoms with Crippen LogP contribution in [0.2, 0.25) is 0 Å². The second kappa shape index (κ2) is 5.63. The van der Waals surface area contributed by atoms with Crippen LogP contribution in [0, 0.1) is 5.89 Å². The van der Waals surface area contributed by atoms with Gasteiger partial charge in [-0.2, -0.15) is 0 Å². The Morgan fingerprint density at radius 1 is 1.33 bits per heavy atom. The van der Waals surface area contributed by atoms with Crippen molar-refractivity contribution >= 4 is 16.8 Å². The third-order valence-corrected chi connectivity index (χ3v) is 2.15. The lowest BCUT2D eigenvalue weighted by Crippen LogP contribution is -2.09. The maximum absolute atomic E-state index is 8.01. The molecule has 0 aromatic carbocycles. The van der Waals surface area contributed by atoms with Gasteiger partial charge >= 0.3 is 0 Å². The first-order valence-electron chi connectivity index (χ1n) is 6.23. The Bertz CT molecular complexity index is 256. The van der Waals surface area contributed by atoms with Crippen LogP contribution in [0.5, 0.6) is 0 Å². The maximum atomic E-state index is 8.01. The van der Waals surface area contributed by atoms with Gasteiger partial charge in [-0.05, 0) is 13.8 Å². The first-order chi connectivity index (χ1) is 6.98. The fourth-order valence-corrected chi connectivity index (χ4v) is 1.57. The fourth-order valence-electron chi connectivity index (χ4n) is 0.673. The predicted molar refractivity (Wildman–Crippen MR) is 60.1 cm³/mol. The molecule has 0 aliphatic carbocycles. The van der Waals surface area contributed by atoms with Gasteiger partial charge in [0, 0.05) is 22.7 Å². The van der Waals surface area contributed by atoms with Gasteiger partial charge in [0.25, 0.3) is 0 Å². The van der Waals surface area contributed by atoms with Gasteiger partial charge in [-0.15, -0.1) is 11.8 Å². The second-order valence-corrected chi connectivity index (χ2v) is 4.88. The van der Waals surface area contributed by atoms with E-state index in [4.69, 9.17) is 5.48 Å². The van der Waals surface area contributed by atoms with E-state index >= 15 is 0 Å². The molecule has 2 heteroatoms. The van der Waals surface area contributed by atoms with Gasteiger partial charge in [0.2, 0.25) is 0 Å². The Morgan fingerprint density at radius 2 is 1.92 bits per heavy atom. The molecule has 0 heterocycles. The smallest absolute Gasteiger partial charge is 0.0707 e. The minimum absolute atomic E-state index is 0.00766. The highest BCUT2D eigenvalue weighted by molar-refractivity contribution is 8.14. The molecular weight excluding hydrogens is 166 g/mol. The summed E-state index contributed by atoms with van der Waals surface area (Å²) < 4.78 is 30.2. The second-order valence-electron chi connectivity index (χ2n) is 3.32. The normalized spacial score (nSPS) is 24.4. The fraction of sp³-hybridized carbons (Fsp3) is 0.900. The first-order valence-corrected chi connectivity index (χ1v) is 5.11. The third kappa shape index (κ3) is 5.64. The quantitative estimate of drug-likeness (QED) is 0.490. The molecule has 1 nitrogen and oxygen atoms in total. The van der Waals surface area contributed by atoms with E-state index in [0.717, 1.165) is 0 Å². The van der Waals surface area contributed by atoms with Crippen LogP contribution in [0.4, 0.5) is 0 Å².